The Hall–Kier alpha value is -4.43. The second-order valence-corrected chi connectivity index (χ2v) is 13.3. The van der Waals surface area contributed by atoms with Crippen molar-refractivity contribution in [3.8, 4) is 11.4 Å². The molecule has 50 heavy (non-hydrogen) atoms. The molecule has 1 saturated carbocycles. The highest BCUT2D eigenvalue weighted by molar-refractivity contribution is 6.35. The molecule has 0 bridgehead atoms. The molecule has 2 aliphatic rings. The molecular weight excluding hydrogens is 686 g/mol. The predicted molar refractivity (Wildman–Crippen MR) is 188 cm³/mol. The lowest BCUT2D eigenvalue weighted by Crippen LogP contribution is -2.35. The van der Waals surface area contributed by atoms with Crippen LogP contribution in [0.15, 0.2) is 84.2 Å². The normalized spacial score (nSPS) is 19.2. The summed E-state index contributed by atoms with van der Waals surface area (Å²) in [4.78, 5) is 14.3. The van der Waals surface area contributed by atoms with E-state index in [9.17, 15) is 9.18 Å². The average molecular weight is 724 g/mol. The van der Waals surface area contributed by atoms with Crippen LogP contribution in [0.2, 0.25) is 10.0 Å². The molecule has 0 radical (unpaired) electrons. The Labute approximate surface area is 298 Å². The summed E-state index contributed by atoms with van der Waals surface area (Å²) in [6.45, 7) is 2.17. The van der Waals surface area contributed by atoms with Crippen molar-refractivity contribution in [2.45, 2.75) is 50.7 Å². The topological polar surface area (TPSA) is 122 Å². The fraction of sp³-hybridized carbons (Fsp3) is 0.371. The molecule has 2 aromatic heterocycles. The first-order valence-corrected chi connectivity index (χ1v) is 17.4. The average Bonchev–Trinajstić information content (AvgIpc) is 3.94. The molecule has 1 aliphatic carbocycles. The first-order valence-electron chi connectivity index (χ1n) is 16.6. The van der Waals surface area contributed by atoms with Gasteiger partial charge >= 0.3 is 5.69 Å². The zero-order valence-electron chi connectivity index (χ0n) is 27.2. The van der Waals surface area contributed by atoms with Gasteiger partial charge in [-0.3, -0.25) is 0 Å². The number of anilines is 2. The Balaban J connectivity index is 0.883. The van der Waals surface area contributed by atoms with Gasteiger partial charge in [-0.25, -0.2) is 18.4 Å². The minimum absolute atomic E-state index is 0.117. The molecule has 1 aliphatic heterocycles. The standard InChI is InChI=1S/C35H37Cl2FN8O4/c36-25-5-11-30(31(37)17-25)35(22-46-41-15-16-42-46)49-21-29(50-35)20-48-28-10-12-33(32(38)18-28)40-14-13-39-26-6-8-27(9-7-26)44-23-43-45(34(44)47)19-24-3-1-2-4-24/h5-12,15-18,23-24,29,39-40H,1-4,13-14,19-22H2/t29-,35-/m1/s1. The fourth-order valence-electron chi connectivity index (χ4n) is 6.40. The van der Waals surface area contributed by atoms with Crippen molar-refractivity contribution in [2.75, 3.05) is 36.9 Å². The Morgan fingerprint density at radius 3 is 2.50 bits per heavy atom. The molecule has 2 N–H and O–H groups in total. The van der Waals surface area contributed by atoms with E-state index in [0.29, 0.717) is 52.6 Å². The third-order valence-corrected chi connectivity index (χ3v) is 9.50. The number of ether oxygens (including phenoxy) is 3. The number of hydrogen-bond donors (Lipinski definition) is 2. The minimum Gasteiger partial charge on any atom is -0.491 e. The maximum atomic E-state index is 15.0. The smallest absolute Gasteiger partial charge is 0.350 e. The van der Waals surface area contributed by atoms with E-state index >= 15 is 0 Å². The van der Waals surface area contributed by atoms with Gasteiger partial charge in [-0.15, -0.1) is 0 Å². The maximum Gasteiger partial charge on any atom is 0.350 e. The van der Waals surface area contributed by atoms with Crippen molar-refractivity contribution in [2.24, 2.45) is 5.92 Å². The van der Waals surface area contributed by atoms with Crippen molar-refractivity contribution in [3.63, 3.8) is 0 Å². The van der Waals surface area contributed by atoms with Gasteiger partial charge in [0, 0.05) is 42.0 Å². The summed E-state index contributed by atoms with van der Waals surface area (Å²) < 4.78 is 36.5. The summed E-state index contributed by atoms with van der Waals surface area (Å²) in [7, 11) is 0. The van der Waals surface area contributed by atoms with Crippen LogP contribution in [0.1, 0.15) is 31.2 Å². The minimum atomic E-state index is -1.26. The van der Waals surface area contributed by atoms with E-state index in [1.807, 2.05) is 24.3 Å². The Kier molecular flexibility index (Phi) is 10.4. The van der Waals surface area contributed by atoms with Gasteiger partial charge in [-0.05, 0) is 67.3 Å². The summed E-state index contributed by atoms with van der Waals surface area (Å²) in [5.41, 5.74) is 2.46. The lowest BCUT2D eigenvalue weighted by molar-refractivity contribution is -0.192. The van der Waals surface area contributed by atoms with Crippen molar-refractivity contribution in [3.05, 3.63) is 111 Å². The summed E-state index contributed by atoms with van der Waals surface area (Å²) in [6, 6.07) is 17.3. The largest absolute Gasteiger partial charge is 0.491 e. The lowest BCUT2D eigenvalue weighted by atomic mass is 10.1. The van der Waals surface area contributed by atoms with E-state index < -0.39 is 17.7 Å². The van der Waals surface area contributed by atoms with Crippen LogP contribution in [0, 0.1) is 11.7 Å². The fourth-order valence-corrected chi connectivity index (χ4v) is 6.96. The Bertz CT molecular complexity index is 1950. The summed E-state index contributed by atoms with van der Waals surface area (Å²) in [5, 5.41) is 20.0. The molecule has 12 nitrogen and oxygen atoms in total. The predicted octanol–water partition coefficient (Wildman–Crippen LogP) is 6.13. The highest BCUT2D eigenvalue weighted by atomic mass is 35.5. The van der Waals surface area contributed by atoms with Crippen LogP contribution < -0.4 is 21.1 Å². The lowest BCUT2D eigenvalue weighted by Gasteiger charge is -2.29. The molecule has 0 spiro atoms. The summed E-state index contributed by atoms with van der Waals surface area (Å²) in [6.07, 6.45) is 9.01. The van der Waals surface area contributed by atoms with E-state index in [-0.39, 0.29) is 25.4 Å². The van der Waals surface area contributed by atoms with Crippen LogP contribution >= 0.6 is 23.2 Å². The number of halogens is 3. The monoisotopic (exact) mass is 722 g/mol. The SMILES string of the molecule is O=c1n(-c2ccc(NCCNc3ccc(OC[C@@H]4CO[C@@](Cn5nccn5)(c5ccc(Cl)cc5Cl)O4)cc3F)cc2)cnn1CC1CCCC1. The highest BCUT2D eigenvalue weighted by Crippen LogP contribution is 2.40. The summed E-state index contributed by atoms with van der Waals surface area (Å²) in [5.74, 6) is -0.818. The van der Waals surface area contributed by atoms with Gasteiger partial charge in [0.1, 0.15) is 37.1 Å². The zero-order chi connectivity index (χ0) is 34.5. The molecule has 2 atom stereocenters. The van der Waals surface area contributed by atoms with Gasteiger partial charge in [-0.2, -0.15) is 20.1 Å². The van der Waals surface area contributed by atoms with Gasteiger partial charge in [0.2, 0.25) is 5.79 Å². The highest BCUT2D eigenvalue weighted by Gasteiger charge is 2.46. The number of aromatic nitrogens is 6. The molecule has 3 heterocycles. The van der Waals surface area contributed by atoms with Crippen molar-refractivity contribution in [1.29, 1.82) is 0 Å². The zero-order valence-corrected chi connectivity index (χ0v) is 28.7. The molecule has 3 aromatic carbocycles. The number of nitrogens with one attached hydrogen (secondary N) is 2. The second-order valence-electron chi connectivity index (χ2n) is 12.5. The van der Waals surface area contributed by atoms with Crippen LogP contribution in [0.5, 0.6) is 5.75 Å². The first kappa shape index (κ1) is 34.0. The molecule has 1 saturated heterocycles. The van der Waals surface area contributed by atoms with Crippen molar-refractivity contribution in [1.82, 2.24) is 29.3 Å². The van der Waals surface area contributed by atoms with Crippen LogP contribution in [0.25, 0.3) is 5.69 Å². The van der Waals surface area contributed by atoms with Crippen molar-refractivity contribution < 1.29 is 18.6 Å². The van der Waals surface area contributed by atoms with E-state index in [2.05, 4.69) is 25.9 Å². The molecule has 0 unspecified atom stereocenters. The van der Waals surface area contributed by atoms with Crippen LogP contribution in [0.3, 0.4) is 0 Å². The number of rotatable bonds is 14. The van der Waals surface area contributed by atoms with Gasteiger partial charge in [0.15, 0.2) is 0 Å². The van der Waals surface area contributed by atoms with Gasteiger partial charge in [-0.1, -0.05) is 42.1 Å². The van der Waals surface area contributed by atoms with Gasteiger partial charge < -0.3 is 24.8 Å². The molecule has 0 amide bonds. The van der Waals surface area contributed by atoms with E-state index in [4.69, 9.17) is 37.4 Å². The third kappa shape index (κ3) is 7.81. The molecule has 7 rings (SSSR count). The van der Waals surface area contributed by atoms with E-state index in [0.717, 1.165) is 24.2 Å². The van der Waals surface area contributed by atoms with E-state index in [1.54, 1.807) is 58.3 Å². The first-order chi connectivity index (χ1) is 24.3. The molecule has 262 valence electrons. The molecule has 5 aromatic rings. The molecular formula is C35H37Cl2FN8O4. The van der Waals surface area contributed by atoms with Gasteiger partial charge in [0.05, 0.1) is 35.4 Å². The van der Waals surface area contributed by atoms with E-state index in [1.165, 1.54) is 23.7 Å². The van der Waals surface area contributed by atoms with Crippen LogP contribution in [-0.2, 0) is 28.4 Å². The number of benzene rings is 3. The second kappa shape index (κ2) is 15.2. The third-order valence-electron chi connectivity index (χ3n) is 8.95. The molecule has 2 fully saturated rings. The quantitative estimate of drug-likeness (QED) is 0.130. The number of hydrogen-bond acceptors (Lipinski definition) is 9. The number of nitrogens with zero attached hydrogens (tertiary/aromatic N) is 6. The summed E-state index contributed by atoms with van der Waals surface area (Å²) >= 11 is 12.7. The Morgan fingerprint density at radius 2 is 1.74 bits per heavy atom. The van der Waals surface area contributed by atoms with Crippen LogP contribution in [-0.4, -0.2) is 61.7 Å². The van der Waals surface area contributed by atoms with Crippen LogP contribution in [0.4, 0.5) is 15.8 Å². The van der Waals surface area contributed by atoms with Gasteiger partial charge in [0.25, 0.3) is 0 Å². The Morgan fingerprint density at radius 1 is 0.960 bits per heavy atom. The molecule has 15 heteroatoms. The maximum absolute atomic E-state index is 15.0. The van der Waals surface area contributed by atoms with Crippen molar-refractivity contribution >= 4 is 34.6 Å².